The molecular formula is C9H15N3O2. The van der Waals surface area contributed by atoms with E-state index in [1.807, 2.05) is 6.92 Å². The predicted octanol–water partition coefficient (Wildman–Crippen LogP) is 0.202. The number of hydrogen-bond donors (Lipinski definition) is 2. The molecule has 0 saturated heterocycles. The van der Waals surface area contributed by atoms with E-state index in [4.69, 9.17) is 10.2 Å². The largest absolute Gasteiger partial charge is 0.444 e. The zero-order valence-corrected chi connectivity index (χ0v) is 8.25. The Morgan fingerprint density at radius 2 is 2.50 bits per heavy atom. The number of carbonyl (C=O) groups excluding carboxylic acids is 1. The molecular weight excluding hydrogens is 182 g/mol. The van der Waals surface area contributed by atoms with Gasteiger partial charge >= 0.3 is 0 Å². The van der Waals surface area contributed by atoms with Crippen molar-refractivity contribution in [2.75, 3.05) is 6.54 Å². The van der Waals surface area contributed by atoms with Crippen LogP contribution in [0.1, 0.15) is 25.0 Å². The Hall–Kier alpha value is -1.36. The van der Waals surface area contributed by atoms with Crippen LogP contribution in [0.25, 0.3) is 0 Å². The van der Waals surface area contributed by atoms with Crippen molar-refractivity contribution in [3.05, 3.63) is 17.8 Å². The molecule has 0 atom stereocenters. The highest BCUT2D eigenvalue weighted by Crippen LogP contribution is 2.03. The molecule has 14 heavy (non-hydrogen) atoms. The van der Waals surface area contributed by atoms with Crippen LogP contribution in [0.5, 0.6) is 0 Å². The van der Waals surface area contributed by atoms with Gasteiger partial charge in [0.05, 0.1) is 12.7 Å². The number of nitrogens with zero attached hydrogens (tertiary/aromatic N) is 1. The minimum absolute atomic E-state index is 0.0799. The molecule has 0 fully saturated rings. The van der Waals surface area contributed by atoms with Crippen molar-refractivity contribution in [1.29, 1.82) is 0 Å². The summed E-state index contributed by atoms with van der Waals surface area (Å²) in [5.41, 5.74) is 5.22. The maximum absolute atomic E-state index is 11.0. The predicted molar refractivity (Wildman–Crippen MR) is 51.4 cm³/mol. The number of aromatic nitrogens is 1. The molecule has 1 heterocycles. The molecule has 0 saturated carbocycles. The van der Waals surface area contributed by atoms with Crippen LogP contribution in [0.15, 0.2) is 10.6 Å². The van der Waals surface area contributed by atoms with Crippen molar-refractivity contribution in [1.82, 2.24) is 10.3 Å². The standard InChI is InChI=1S/C9H15N3O2/c1-2-7-5-12-9(14-7)6-11-8(13)3-4-10/h5H,2-4,6,10H2,1H3,(H,11,13). The van der Waals surface area contributed by atoms with Crippen LogP contribution in [-0.4, -0.2) is 17.4 Å². The zero-order chi connectivity index (χ0) is 10.4. The van der Waals surface area contributed by atoms with Gasteiger partial charge in [0.2, 0.25) is 11.8 Å². The first-order valence-corrected chi connectivity index (χ1v) is 4.66. The van der Waals surface area contributed by atoms with E-state index in [9.17, 15) is 4.79 Å². The Morgan fingerprint density at radius 3 is 3.07 bits per heavy atom. The quantitative estimate of drug-likeness (QED) is 0.706. The molecule has 5 heteroatoms. The summed E-state index contributed by atoms with van der Waals surface area (Å²) >= 11 is 0. The Labute approximate surface area is 82.7 Å². The number of carbonyl (C=O) groups is 1. The second-order valence-corrected chi connectivity index (χ2v) is 2.89. The van der Waals surface area contributed by atoms with Gasteiger partial charge in [0, 0.05) is 19.4 Å². The van der Waals surface area contributed by atoms with E-state index in [1.165, 1.54) is 0 Å². The fourth-order valence-corrected chi connectivity index (χ4v) is 0.987. The second kappa shape index (κ2) is 5.39. The fourth-order valence-electron chi connectivity index (χ4n) is 0.987. The summed E-state index contributed by atoms with van der Waals surface area (Å²) in [6, 6.07) is 0. The number of oxazole rings is 1. The minimum atomic E-state index is -0.0799. The molecule has 1 aromatic rings. The van der Waals surface area contributed by atoms with Crippen molar-refractivity contribution in [3.63, 3.8) is 0 Å². The van der Waals surface area contributed by atoms with Crippen molar-refractivity contribution < 1.29 is 9.21 Å². The van der Waals surface area contributed by atoms with Crippen LogP contribution in [0, 0.1) is 0 Å². The van der Waals surface area contributed by atoms with E-state index in [2.05, 4.69) is 10.3 Å². The summed E-state index contributed by atoms with van der Waals surface area (Å²) in [4.78, 5) is 15.0. The van der Waals surface area contributed by atoms with Gasteiger partial charge in [-0.1, -0.05) is 6.92 Å². The summed E-state index contributed by atoms with van der Waals surface area (Å²) in [7, 11) is 0. The summed E-state index contributed by atoms with van der Waals surface area (Å²) in [5, 5.41) is 2.66. The smallest absolute Gasteiger partial charge is 0.221 e. The first-order valence-electron chi connectivity index (χ1n) is 4.66. The molecule has 1 rings (SSSR count). The van der Waals surface area contributed by atoms with Crippen molar-refractivity contribution >= 4 is 5.91 Å². The van der Waals surface area contributed by atoms with Crippen molar-refractivity contribution in [2.24, 2.45) is 5.73 Å². The van der Waals surface area contributed by atoms with Crippen molar-refractivity contribution in [2.45, 2.75) is 26.3 Å². The Balaban J connectivity index is 2.34. The van der Waals surface area contributed by atoms with Crippen LogP contribution < -0.4 is 11.1 Å². The van der Waals surface area contributed by atoms with Gasteiger partial charge < -0.3 is 15.5 Å². The van der Waals surface area contributed by atoms with E-state index in [1.54, 1.807) is 6.20 Å². The lowest BCUT2D eigenvalue weighted by atomic mass is 10.4. The summed E-state index contributed by atoms with van der Waals surface area (Å²) in [6.45, 7) is 2.67. The van der Waals surface area contributed by atoms with Gasteiger partial charge in [0.1, 0.15) is 5.76 Å². The Bertz CT molecular complexity index is 296. The Morgan fingerprint density at radius 1 is 1.71 bits per heavy atom. The average molecular weight is 197 g/mol. The third kappa shape index (κ3) is 3.18. The molecule has 0 radical (unpaired) electrons. The molecule has 5 nitrogen and oxygen atoms in total. The van der Waals surface area contributed by atoms with Gasteiger partial charge in [-0.3, -0.25) is 4.79 Å². The molecule has 3 N–H and O–H groups in total. The average Bonchev–Trinajstić information content (AvgIpc) is 2.63. The first kappa shape index (κ1) is 10.7. The SMILES string of the molecule is CCc1cnc(CNC(=O)CCN)o1. The van der Waals surface area contributed by atoms with Crippen LogP contribution in [0.4, 0.5) is 0 Å². The van der Waals surface area contributed by atoms with Crippen LogP contribution >= 0.6 is 0 Å². The van der Waals surface area contributed by atoms with E-state index in [0.717, 1.165) is 12.2 Å². The van der Waals surface area contributed by atoms with E-state index in [-0.39, 0.29) is 5.91 Å². The van der Waals surface area contributed by atoms with Crippen LogP contribution in [0.3, 0.4) is 0 Å². The first-order chi connectivity index (χ1) is 6.76. The normalized spacial score (nSPS) is 10.1. The molecule has 0 unspecified atom stereocenters. The summed E-state index contributed by atoms with van der Waals surface area (Å²) in [6.07, 6.45) is 2.81. The summed E-state index contributed by atoms with van der Waals surface area (Å²) in [5.74, 6) is 1.28. The third-order valence-corrected chi connectivity index (χ3v) is 1.76. The van der Waals surface area contributed by atoms with E-state index < -0.39 is 0 Å². The lowest BCUT2D eigenvalue weighted by Gasteiger charge is -1.99. The molecule has 0 aromatic carbocycles. The van der Waals surface area contributed by atoms with Gasteiger partial charge in [0.15, 0.2) is 0 Å². The van der Waals surface area contributed by atoms with Crippen molar-refractivity contribution in [3.8, 4) is 0 Å². The molecule has 0 spiro atoms. The summed E-state index contributed by atoms with van der Waals surface area (Å²) < 4.78 is 5.30. The van der Waals surface area contributed by atoms with Crippen LogP contribution in [-0.2, 0) is 17.8 Å². The molecule has 0 aliphatic rings. The number of amides is 1. The zero-order valence-electron chi connectivity index (χ0n) is 8.25. The fraction of sp³-hybridized carbons (Fsp3) is 0.556. The molecule has 0 bridgehead atoms. The highest BCUT2D eigenvalue weighted by Gasteiger charge is 2.04. The minimum Gasteiger partial charge on any atom is -0.444 e. The molecule has 0 aliphatic heterocycles. The van der Waals surface area contributed by atoms with Gasteiger partial charge in [-0.2, -0.15) is 0 Å². The monoisotopic (exact) mass is 197 g/mol. The number of nitrogens with one attached hydrogen (secondary N) is 1. The van der Waals surface area contributed by atoms with Gasteiger partial charge in [-0.25, -0.2) is 4.98 Å². The number of nitrogens with two attached hydrogens (primary N) is 1. The Kier molecular flexibility index (Phi) is 4.12. The van der Waals surface area contributed by atoms with Gasteiger partial charge in [-0.05, 0) is 0 Å². The number of hydrogen-bond acceptors (Lipinski definition) is 4. The second-order valence-electron chi connectivity index (χ2n) is 2.89. The van der Waals surface area contributed by atoms with E-state index in [0.29, 0.717) is 25.4 Å². The number of aryl methyl sites for hydroxylation is 1. The van der Waals surface area contributed by atoms with E-state index >= 15 is 0 Å². The lowest BCUT2D eigenvalue weighted by Crippen LogP contribution is -2.25. The highest BCUT2D eigenvalue weighted by molar-refractivity contribution is 5.75. The molecule has 1 aromatic heterocycles. The molecule has 1 amide bonds. The topological polar surface area (TPSA) is 81.2 Å². The molecule has 78 valence electrons. The van der Waals surface area contributed by atoms with Gasteiger partial charge in [-0.15, -0.1) is 0 Å². The maximum Gasteiger partial charge on any atom is 0.221 e. The van der Waals surface area contributed by atoms with Gasteiger partial charge in [0.25, 0.3) is 0 Å². The maximum atomic E-state index is 11.0. The molecule has 0 aliphatic carbocycles. The third-order valence-electron chi connectivity index (χ3n) is 1.76. The highest BCUT2D eigenvalue weighted by atomic mass is 16.4. The number of rotatable bonds is 5. The van der Waals surface area contributed by atoms with Crippen LogP contribution in [0.2, 0.25) is 0 Å². The lowest BCUT2D eigenvalue weighted by molar-refractivity contribution is -0.121.